The predicted octanol–water partition coefficient (Wildman–Crippen LogP) is 2.90. The molecule has 30 heavy (non-hydrogen) atoms. The highest BCUT2D eigenvalue weighted by Gasteiger charge is 2.34. The quantitative estimate of drug-likeness (QED) is 0.714. The zero-order chi connectivity index (χ0) is 20.5. The Kier molecular flexibility index (Phi) is 4.80. The molecule has 0 aromatic heterocycles. The van der Waals surface area contributed by atoms with Crippen LogP contribution in [0.1, 0.15) is 17.3 Å². The zero-order valence-corrected chi connectivity index (χ0v) is 16.6. The molecule has 1 amide bonds. The van der Waals surface area contributed by atoms with Crippen molar-refractivity contribution in [2.75, 3.05) is 0 Å². The summed E-state index contributed by atoms with van der Waals surface area (Å²) in [6, 6.07) is 23.6. The van der Waals surface area contributed by atoms with E-state index in [1.54, 1.807) is 17.1 Å². The largest absolute Gasteiger partial charge is 0.298 e. The van der Waals surface area contributed by atoms with Crippen molar-refractivity contribution in [3.8, 4) is 0 Å². The lowest BCUT2D eigenvalue weighted by molar-refractivity contribution is -0.116. The van der Waals surface area contributed by atoms with Crippen LogP contribution in [0.15, 0.2) is 89.0 Å². The molecule has 0 aliphatic carbocycles. The first-order chi connectivity index (χ1) is 14.7. The lowest BCUT2D eigenvalue weighted by Crippen LogP contribution is -2.50. The molecule has 3 aromatic rings. The summed E-state index contributed by atoms with van der Waals surface area (Å²) in [4.78, 5) is 17.9. The Hall–Kier alpha value is -3.45. The molecule has 1 unspecified atom stereocenters. The Morgan fingerprint density at radius 2 is 1.70 bits per heavy atom. The third kappa shape index (κ3) is 3.48. The summed E-state index contributed by atoms with van der Waals surface area (Å²) in [5.74, 6) is 0.131. The van der Waals surface area contributed by atoms with Gasteiger partial charge >= 0.3 is 0 Å². The second-order valence-corrected chi connectivity index (χ2v) is 7.86. The van der Waals surface area contributed by atoms with Gasteiger partial charge in [-0.1, -0.05) is 72.4 Å². The molecule has 5 nitrogen and oxygen atoms in total. The number of thioether (sulfide) groups is 1. The van der Waals surface area contributed by atoms with E-state index in [0.29, 0.717) is 22.0 Å². The number of nitrogens with zero attached hydrogens (tertiary/aromatic N) is 3. The zero-order valence-electron chi connectivity index (χ0n) is 15.8. The summed E-state index contributed by atoms with van der Waals surface area (Å²) in [7, 11) is 0. The minimum Gasteiger partial charge on any atom is -0.298 e. The maximum absolute atomic E-state index is 13.5. The molecule has 0 radical (unpaired) electrons. The molecule has 2 aliphatic rings. The van der Waals surface area contributed by atoms with Crippen LogP contribution in [0.3, 0.4) is 0 Å². The molecule has 5 rings (SSSR count). The van der Waals surface area contributed by atoms with Gasteiger partial charge in [0.25, 0.3) is 5.91 Å². The first-order valence-electron chi connectivity index (χ1n) is 9.47. The number of benzene rings is 3. The number of halogens is 1. The van der Waals surface area contributed by atoms with Gasteiger partial charge < -0.3 is 0 Å². The number of rotatable bonds is 3. The van der Waals surface area contributed by atoms with Crippen LogP contribution in [0, 0.1) is 5.82 Å². The van der Waals surface area contributed by atoms with Crippen LogP contribution in [0.4, 0.5) is 4.39 Å². The SMILES string of the molecule is O=C1NC(SCc2ccccc2)=NN2C1=c1ccccc1=NC2c1ccc(F)cc1. The molecule has 7 heteroatoms. The van der Waals surface area contributed by atoms with E-state index in [-0.39, 0.29) is 11.7 Å². The number of fused-ring (bicyclic) bond motifs is 2. The summed E-state index contributed by atoms with van der Waals surface area (Å²) < 4.78 is 13.5. The first kappa shape index (κ1) is 18.6. The van der Waals surface area contributed by atoms with Crippen molar-refractivity contribution in [3.05, 3.63) is 106 Å². The molecular weight excluding hydrogens is 399 g/mol. The fourth-order valence-electron chi connectivity index (χ4n) is 3.47. The molecule has 1 N–H and O–H groups in total. The van der Waals surface area contributed by atoms with Crippen molar-refractivity contribution >= 4 is 28.5 Å². The third-order valence-corrected chi connectivity index (χ3v) is 5.84. The number of para-hydroxylation sites is 1. The number of hydrogen-bond acceptors (Lipinski definition) is 5. The van der Waals surface area contributed by atoms with Gasteiger partial charge in [-0.05, 0) is 29.3 Å². The van der Waals surface area contributed by atoms with Crippen LogP contribution >= 0.6 is 11.8 Å². The Balaban J connectivity index is 1.57. The lowest BCUT2D eigenvalue weighted by Gasteiger charge is -2.34. The van der Waals surface area contributed by atoms with Gasteiger partial charge in [0, 0.05) is 11.0 Å². The van der Waals surface area contributed by atoms with Gasteiger partial charge in [0.15, 0.2) is 11.3 Å². The minimum absolute atomic E-state index is 0.227. The van der Waals surface area contributed by atoms with Gasteiger partial charge in [-0.3, -0.25) is 15.1 Å². The molecule has 3 aromatic carbocycles. The molecule has 0 bridgehead atoms. The maximum atomic E-state index is 13.5. The molecule has 0 saturated heterocycles. The Morgan fingerprint density at radius 3 is 2.50 bits per heavy atom. The van der Waals surface area contributed by atoms with E-state index in [2.05, 4.69) is 5.32 Å². The van der Waals surface area contributed by atoms with Crippen LogP contribution in [-0.4, -0.2) is 16.1 Å². The third-order valence-electron chi connectivity index (χ3n) is 4.90. The number of carbonyl (C=O) groups is 1. The molecule has 0 fully saturated rings. The average molecular weight is 416 g/mol. The van der Waals surface area contributed by atoms with E-state index in [0.717, 1.165) is 16.3 Å². The number of hydrogen-bond donors (Lipinski definition) is 1. The summed E-state index contributed by atoms with van der Waals surface area (Å²) >= 11 is 1.45. The highest BCUT2D eigenvalue weighted by molar-refractivity contribution is 8.13. The normalized spacial score (nSPS) is 17.4. The molecule has 2 aliphatic heterocycles. The van der Waals surface area contributed by atoms with Gasteiger partial charge in [-0.15, -0.1) is 5.10 Å². The predicted molar refractivity (Wildman–Crippen MR) is 115 cm³/mol. The second-order valence-electron chi connectivity index (χ2n) is 6.90. The molecule has 0 spiro atoms. The van der Waals surface area contributed by atoms with Crippen molar-refractivity contribution in [2.45, 2.75) is 11.9 Å². The van der Waals surface area contributed by atoms with Crippen LogP contribution in [0.25, 0.3) is 5.70 Å². The van der Waals surface area contributed by atoms with Crippen LogP contribution in [0.2, 0.25) is 0 Å². The highest BCUT2D eigenvalue weighted by atomic mass is 32.2. The van der Waals surface area contributed by atoms with Crippen molar-refractivity contribution in [3.63, 3.8) is 0 Å². The van der Waals surface area contributed by atoms with E-state index in [1.165, 1.54) is 23.9 Å². The minimum atomic E-state index is -0.547. The smallest absolute Gasteiger partial charge is 0.276 e. The van der Waals surface area contributed by atoms with E-state index < -0.39 is 6.17 Å². The van der Waals surface area contributed by atoms with Gasteiger partial charge in [-0.2, -0.15) is 0 Å². The summed E-state index contributed by atoms with van der Waals surface area (Å²) in [5, 5.41) is 11.2. The number of nitrogens with one attached hydrogen (secondary N) is 1. The van der Waals surface area contributed by atoms with E-state index in [4.69, 9.17) is 10.1 Å². The Labute approximate surface area is 176 Å². The molecular formula is C23H17FN4OS. The average Bonchev–Trinajstić information content (AvgIpc) is 2.78. The second kappa shape index (κ2) is 7.76. The van der Waals surface area contributed by atoms with E-state index >= 15 is 0 Å². The van der Waals surface area contributed by atoms with Crippen molar-refractivity contribution < 1.29 is 9.18 Å². The standard InChI is InChI=1S/C23H17FN4OS/c24-17-12-10-16(11-13-17)21-25-19-9-5-4-8-18(19)20-22(29)26-23(27-28(20)21)30-14-15-6-2-1-3-7-15/h1-13,21H,14H2,(H,26,27,29). The van der Waals surface area contributed by atoms with Crippen molar-refractivity contribution in [2.24, 2.45) is 10.1 Å². The number of carbonyl (C=O) groups excluding carboxylic acids is 1. The summed E-state index contributed by atoms with van der Waals surface area (Å²) in [6.45, 7) is 0. The number of hydrazone groups is 1. The van der Waals surface area contributed by atoms with Crippen LogP contribution in [-0.2, 0) is 10.5 Å². The molecule has 1 atom stereocenters. The fourth-order valence-corrected chi connectivity index (χ4v) is 4.28. The Morgan fingerprint density at radius 1 is 0.967 bits per heavy atom. The Bertz CT molecular complexity index is 1260. The highest BCUT2D eigenvalue weighted by Crippen LogP contribution is 2.31. The molecule has 2 heterocycles. The maximum Gasteiger partial charge on any atom is 0.276 e. The first-order valence-corrected chi connectivity index (χ1v) is 10.5. The van der Waals surface area contributed by atoms with Crippen LogP contribution in [0.5, 0.6) is 0 Å². The summed E-state index contributed by atoms with van der Waals surface area (Å²) in [6.07, 6.45) is -0.547. The van der Waals surface area contributed by atoms with Gasteiger partial charge in [0.1, 0.15) is 11.5 Å². The molecule has 0 saturated carbocycles. The van der Waals surface area contributed by atoms with Crippen molar-refractivity contribution in [1.82, 2.24) is 10.3 Å². The van der Waals surface area contributed by atoms with Gasteiger partial charge in [0.05, 0.1) is 5.36 Å². The van der Waals surface area contributed by atoms with Gasteiger partial charge in [-0.25, -0.2) is 9.40 Å². The van der Waals surface area contributed by atoms with E-state index in [1.807, 2.05) is 54.6 Å². The number of amidine groups is 1. The molecule has 148 valence electrons. The van der Waals surface area contributed by atoms with E-state index in [9.17, 15) is 9.18 Å². The van der Waals surface area contributed by atoms with Crippen molar-refractivity contribution in [1.29, 1.82) is 0 Å². The monoisotopic (exact) mass is 416 g/mol. The topological polar surface area (TPSA) is 57.1 Å². The van der Waals surface area contributed by atoms with Crippen LogP contribution < -0.4 is 15.9 Å². The summed E-state index contributed by atoms with van der Waals surface area (Å²) in [5.41, 5.74) is 2.34. The fraction of sp³-hybridized carbons (Fsp3) is 0.0870. The van der Waals surface area contributed by atoms with Gasteiger partial charge in [0.2, 0.25) is 0 Å². The lowest BCUT2D eigenvalue weighted by atomic mass is 10.1. The number of amides is 1.